The maximum Gasteiger partial charge on any atom is 0.250 e. The van der Waals surface area contributed by atoms with Gasteiger partial charge in [-0.1, -0.05) is 35.4 Å². The molecule has 0 saturated heterocycles. The fourth-order valence-electron chi connectivity index (χ4n) is 1.60. The first-order valence-electron chi connectivity index (χ1n) is 7.53. The van der Waals surface area contributed by atoms with Crippen LogP contribution in [-0.2, 0) is 0 Å². The van der Waals surface area contributed by atoms with E-state index in [1.807, 2.05) is 12.2 Å². The molecule has 28 heavy (non-hydrogen) atoms. The molecule has 0 fully saturated rings. The van der Waals surface area contributed by atoms with Crippen LogP contribution in [0.1, 0.15) is 10.4 Å². The van der Waals surface area contributed by atoms with Crippen LogP contribution in [0.15, 0.2) is 63.6 Å². The molecule has 0 aliphatic carbocycles. The van der Waals surface area contributed by atoms with E-state index in [1.54, 1.807) is 29.4 Å². The van der Waals surface area contributed by atoms with Gasteiger partial charge >= 0.3 is 0 Å². The summed E-state index contributed by atoms with van der Waals surface area (Å²) in [6, 6.07) is 8.70. The minimum atomic E-state index is -0.549. The molecule has 0 saturated carbocycles. The Morgan fingerprint density at radius 3 is 2.25 bits per heavy atom. The van der Waals surface area contributed by atoms with E-state index in [-0.39, 0.29) is 10.6 Å². The maximum absolute atomic E-state index is 10.6. The molecule has 0 radical (unpaired) electrons. The molecule has 1 amide bonds. The quantitative estimate of drug-likeness (QED) is 0.210. The lowest BCUT2D eigenvalue weighted by atomic mass is 10.2. The molecule has 0 atom stereocenters. The van der Waals surface area contributed by atoms with E-state index in [2.05, 4.69) is 51.3 Å². The molecule has 0 unspecified atom stereocenters. The van der Waals surface area contributed by atoms with Crippen LogP contribution in [0.2, 0.25) is 10.0 Å². The molecule has 0 bridgehead atoms. The van der Waals surface area contributed by atoms with Crippen LogP contribution < -0.4 is 11.5 Å². The third-order valence-electron chi connectivity index (χ3n) is 2.63. The lowest BCUT2D eigenvalue weighted by Crippen LogP contribution is -2.14. The average Bonchev–Trinajstić information content (AvgIpc) is 3.01. The Morgan fingerprint density at radius 1 is 1.29 bits per heavy atom. The van der Waals surface area contributed by atoms with Crippen molar-refractivity contribution in [2.75, 3.05) is 13.1 Å². The Balaban J connectivity index is 0.000000466. The normalized spacial score (nSPS) is 9.25. The lowest BCUT2D eigenvalue weighted by Gasteiger charge is -2.15. The zero-order valence-corrected chi connectivity index (χ0v) is 19.5. The predicted octanol–water partition coefficient (Wildman–Crippen LogP) is 5.71. The van der Waals surface area contributed by atoms with Crippen LogP contribution in [0, 0.1) is 11.5 Å². The van der Waals surface area contributed by atoms with Crippen LogP contribution in [0.4, 0.5) is 0 Å². The summed E-state index contributed by atoms with van der Waals surface area (Å²) < 4.78 is 4.65. The van der Waals surface area contributed by atoms with Crippen molar-refractivity contribution in [2.24, 2.45) is 11.5 Å². The van der Waals surface area contributed by atoms with Gasteiger partial charge in [0.15, 0.2) is 6.19 Å². The minimum Gasteiger partial charge on any atom is -0.366 e. The number of nitrogens with two attached hydrogens (primary N) is 2. The fraction of sp³-hybridized carbons (Fsp3) is 0.111. The van der Waals surface area contributed by atoms with Gasteiger partial charge in [-0.25, -0.2) is 4.31 Å². The molecular weight excluding hydrogens is 503 g/mol. The summed E-state index contributed by atoms with van der Waals surface area (Å²) in [4.78, 5) is 10.6. The second-order valence-corrected chi connectivity index (χ2v) is 9.40. The molecule has 2 rings (SSSR count). The van der Waals surface area contributed by atoms with Gasteiger partial charge in [-0.05, 0) is 58.2 Å². The topological polar surface area (TPSA) is 96.1 Å². The maximum atomic E-state index is 10.6. The summed E-state index contributed by atoms with van der Waals surface area (Å²) in [5, 5.41) is 7.87. The summed E-state index contributed by atoms with van der Waals surface area (Å²) in [7, 11) is 0. The molecule has 1 heterocycles. The number of hydrogen-bond donors (Lipinski definition) is 2. The highest BCUT2D eigenvalue weighted by Crippen LogP contribution is 2.32. The average molecular weight is 522 g/mol. The fourth-order valence-corrected chi connectivity index (χ4v) is 5.02. The summed E-state index contributed by atoms with van der Waals surface area (Å²) in [5.41, 5.74) is 9.44. The van der Waals surface area contributed by atoms with Crippen LogP contribution in [-0.4, -0.2) is 23.3 Å². The molecule has 10 heteroatoms. The predicted molar refractivity (Wildman–Crippen MR) is 125 cm³/mol. The lowest BCUT2D eigenvalue weighted by molar-refractivity contribution is 0.100. The number of carbonyl (C=O) groups excluding carboxylic acids is 1. The van der Waals surface area contributed by atoms with Crippen molar-refractivity contribution in [3.05, 3.63) is 75.0 Å². The number of benzene rings is 1. The van der Waals surface area contributed by atoms with E-state index < -0.39 is 5.91 Å². The first-order chi connectivity index (χ1) is 13.3. The number of carbonyl (C=O) groups is 1. The highest BCUT2D eigenvalue weighted by atomic mass is 79.9. The molecular formula is C18H19BrCl2N4OS2. The van der Waals surface area contributed by atoms with Gasteiger partial charge in [0, 0.05) is 18.1 Å². The van der Waals surface area contributed by atoms with Crippen LogP contribution in [0.5, 0.6) is 0 Å². The smallest absolute Gasteiger partial charge is 0.250 e. The van der Waals surface area contributed by atoms with Crippen molar-refractivity contribution in [2.45, 2.75) is 4.21 Å². The van der Waals surface area contributed by atoms with Gasteiger partial charge in [0.2, 0.25) is 5.91 Å². The number of hydrogen-bond acceptors (Lipinski definition) is 6. The van der Waals surface area contributed by atoms with Gasteiger partial charge < -0.3 is 11.5 Å². The third-order valence-corrected chi connectivity index (χ3v) is 5.94. The van der Waals surface area contributed by atoms with Gasteiger partial charge in [0.05, 0.1) is 18.6 Å². The summed E-state index contributed by atoms with van der Waals surface area (Å²) >= 11 is 18.1. The van der Waals surface area contributed by atoms with E-state index in [9.17, 15) is 4.79 Å². The van der Waals surface area contributed by atoms with E-state index in [0.29, 0.717) is 5.02 Å². The van der Waals surface area contributed by atoms with Gasteiger partial charge in [-0.2, -0.15) is 5.26 Å². The third kappa shape index (κ3) is 11.4. The van der Waals surface area contributed by atoms with Crippen molar-refractivity contribution >= 4 is 68.3 Å². The Morgan fingerprint density at radius 2 is 1.86 bits per heavy atom. The Bertz CT molecular complexity index is 814. The monoisotopic (exact) mass is 520 g/mol. The second kappa shape index (κ2) is 15.5. The van der Waals surface area contributed by atoms with Crippen molar-refractivity contribution in [3.63, 3.8) is 0 Å². The number of halogens is 3. The van der Waals surface area contributed by atoms with Crippen LogP contribution in [0.3, 0.4) is 0 Å². The zero-order chi connectivity index (χ0) is 21.5. The molecule has 0 aliphatic rings. The molecule has 0 spiro atoms. The van der Waals surface area contributed by atoms with Gasteiger partial charge in [0.1, 0.15) is 0 Å². The molecule has 2 aromatic rings. The van der Waals surface area contributed by atoms with Crippen LogP contribution >= 0.6 is 62.4 Å². The summed E-state index contributed by atoms with van der Waals surface area (Å²) in [5.74, 6) is -0.549. The largest absolute Gasteiger partial charge is 0.366 e. The molecule has 150 valence electrons. The Kier molecular flexibility index (Phi) is 14.6. The van der Waals surface area contributed by atoms with Gasteiger partial charge in [0.25, 0.3) is 0 Å². The highest BCUT2D eigenvalue weighted by Gasteiger charge is 2.06. The summed E-state index contributed by atoms with van der Waals surface area (Å²) in [6.45, 7) is 9.20. The second-order valence-electron chi connectivity index (χ2n) is 4.69. The molecule has 5 nitrogen and oxygen atoms in total. The van der Waals surface area contributed by atoms with Crippen molar-refractivity contribution < 1.29 is 4.79 Å². The Hall–Kier alpha value is -1.47. The van der Waals surface area contributed by atoms with Gasteiger partial charge in [-0.3, -0.25) is 4.79 Å². The summed E-state index contributed by atoms with van der Waals surface area (Å²) in [6.07, 6.45) is 5.05. The number of nitrogens with zero attached hydrogens (tertiary/aromatic N) is 2. The number of thiophene rings is 1. The number of rotatable bonds is 7. The first-order valence-corrected chi connectivity index (χ1v) is 10.7. The van der Waals surface area contributed by atoms with Crippen molar-refractivity contribution in [3.8, 4) is 6.19 Å². The molecule has 4 N–H and O–H groups in total. The molecule has 1 aromatic carbocycles. The Labute approximate surface area is 191 Å². The number of nitriles is 1. The van der Waals surface area contributed by atoms with Gasteiger partial charge in [-0.15, -0.1) is 24.5 Å². The minimum absolute atomic E-state index is 0.282. The van der Waals surface area contributed by atoms with Crippen molar-refractivity contribution in [1.82, 2.24) is 4.31 Å². The molecule has 0 aliphatic heterocycles. The SMILES string of the molecule is C=CCN(CC=C)Sc1ccc(Br)s1.N#CN.NC(=O)c1ccc(Cl)cc1Cl. The van der Waals surface area contributed by atoms with E-state index >= 15 is 0 Å². The first kappa shape index (κ1) is 26.5. The van der Waals surface area contributed by atoms with Crippen molar-refractivity contribution in [1.29, 1.82) is 5.26 Å². The number of primary amides is 1. The number of amides is 1. The van der Waals surface area contributed by atoms with E-state index in [4.69, 9.17) is 34.2 Å². The van der Waals surface area contributed by atoms with E-state index in [0.717, 1.165) is 16.9 Å². The molecule has 1 aromatic heterocycles. The van der Waals surface area contributed by atoms with Crippen LogP contribution in [0.25, 0.3) is 0 Å². The zero-order valence-electron chi connectivity index (χ0n) is 14.8. The standard InChI is InChI=1S/C10H12BrNS2.C7H5Cl2NO.CH2N2/c1-3-7-12(8-4-2)14-10-6-5-9(11)13-10;8-4-1-2-5(7(10)11)6(9)3-4;2-1-3/h3-6H,1-2,7-8H2;1-3H,(H2,10,11);2H2. The van der Waals surface area contributed by atoms with E-state index in [1.165, 1.54) is 22.5 Å². The highest BCUT2D eigenvalue weighted by molar-refractivity contribution is 9.11.